The van der Waals surface area contributed by atoms with Gasteiger partial charge in [0.15, 0.2) is 0 Å². The molecule has 18 heavy (non-hydrogen) atoms. The van der Waals surface area contributed by atoms with Crippen molar-refractivity contribution < 1.29 is 0 Å². The number of anilines is 2. The van der Waals surface area contributed by atoms with Crippen molar-refractivity contribution in [1.29, 1.82) is 0 Å². The number of hydrogen-bond acceptors (Lipinski definition) is 4. The van der Waals surface area contributed by atoms with Crippen molar-refractivity contribution in [3.05, 3.63) is 18.3 Å². The molecule has 0 radical (unpaired) electrons. The van der Waals surface area contributed by atoms with Crippen LogP contribution in [0.15, 0.2) is 18.3 Å². The molecule has 1 saturated carbocycles. The van der Waals surface area contributed by atoms with Gasteiger partial charge in [-0.25, -0.2) is 4.98 Å². The van der Waals surface area contributed by atoms with Gasteiger partial charge in [0.25, 0.3) is 0 Å². The van der Waals surface area contributed by atoms with Gasteiger partial charge in [0, 0.05) is 35.8 Å². The van der Waals surface area contributed by atoms with Gasteiger partial charge in [-0.2, -0.15) is 11.8 Å². The number of thioether (sulfide) groups is 1. The van der Waals surface area contributed by atoms with Crippen LogP contribution in [0.25, 0.3) is 0 Å². The first kappa shape index (κ1) is 13.5. The number of nitrogens with one attached hydrogen (secondary N) is 2. The van der Waals surface area contributed by atoms with E-state index in [0.717, 1.165) is 17.6 Å². The van der Waals surface area contributed by atoms with Gasteiger partial charge in [0.2, 0.25) is 0 Å². The molecular weight excluding hydrogens is 242 g/mol. The third-order valence-electron chi connectivity index (χ3n) is 3.28. The van der Waals surface area contributed by atoms with Gasteiger partial charge in [-0.05, 0) is 38.0 Å². The summed E-state index contributed by atoms with van der Waals surface area (Å²) in [4.78, 5) is 4.29. The molecule has 0 aliphatic heterocycles. The topological polar surface area (TPSA) is 37.0 Å². The van der Waals surface area contributed by atoms with Crippen LogP contribution in [0.5, 0.6) is 0 Å². The van der Waals surface area contributed by atoms with E-state index >= 15 is 0 Å². The summed E-state index contributed by atoms with van der Waals surface area (Å²) in [5.74, 6) is 2.19. The maximum Gasteiger partial charge on any atom is 0.127 e. The van der Waals surface area contributed by atoms with E-state index in [1.165, 1.54) is 30.7 Å². The molecule has 2 N–H and O–H groups in total. The quantitative estimate of drug-likeness (QED) is 0.824. The van der Waals surface area contributed by atoms with Crippen LogP contribution in [-0.4, -0.2) is 28.6 Å². The molecule has 1 fully saturated rings. The molecule has 1 heterocycles. The molecule has 3 nitrogen and oxygen atoms in total. The van der Waals surface area contributed by atoms with E-state index in [1.807, 2.05) is 6.20 Å². The molecule has 0 bridgehead atoms. The Morgan fingerprint density at radius 1 is 1.39 bits per heavy atom. The normalized spacial score (nSPS) is 23.0. The average molecular weight is 265 g/mol. The summed E-state index contributed by atoms with van der Waals surface area (Å²) >= 11 is 2.10. The summed E-state index contributed by atoms with van der Waals surface area (Å²) in [5, 5.41) is 7.73. The molecule has 4 heteroatoms. The van der Waals surface area contributed by atoms with Crippen molar-refractivity contribution in [2.45, 2.75) is 44.4 Å². The van der Waals surface area contributed by atoms with Gasteiger partial charge >= 0.3 is 0 Å². The molecule has 100 valence electrons. The van der Waals surface area contributed by atoms with Crippen molar-refractivity contribution >= 4 is 23.3 Å². The zero-order chi connectivity index (χ0) is 12.8. The van der Waals surface area contributed by atoms with Crippen LogP contribution in [0, 0.1) is 0 Å². The zero-order valence-electron chi connectivity index (χ0n) is 11.3. The minimum Gasteiger partial charge on any atom is -0.382 e. The van der Waals surface area contributed by atoms with Crippen LogP contribution in [0.2, 0.25) is 0 Å². The van der Waals surface area contributed by atoms with Crippen LogP contribution >= 0.6 is 11.8 Å². The van der Waals surface area contributed by atoms with E-state index < -0.39 is 0 Å². The monoisotopic (exact) mass is 265 g/mol. The van der Waals surface area contributed by atoms with Crippen LogP contribution in [0.1, 0.15) is 33.1 Å². The molecular formula is C14H23N3S. The summed E-state index contributed by atoms with van der Waals surface area (Å²) < 4.78 is 0. The molecule has 0 spiro atoms. The summed E-state index contributed by atoms with van der Waals surface area (Å²) in [6, 6.07) is 4.79. The Bertz CT molecular complexity index is 370. The number of rotatable bonds is 6. The smallest absolute Gasteiger partial charge is 0.127 e. The average Bonchev–Trinajstić information content (AvgIpc) is 2.78. The molecule has 1 aromatic rings. The van der Waals surface area contributed by atoms with Gasteiger partial charge in [0.05, 0.1) is 0 Å². The summed E-state index contributed by atoms with van der Waals surface area (Å²) in [6.45, 7) is 5.25. The SMILES string of the molecule is CCNc1cc(NC2CCC(SCC)C2)ccn1. The highest BCUT2D eigenvalue weighted by molar-refractivity contribution is 7.99. The standard InChI is InChI=1S/C14H23N3S/c1-3-15-14-10-12(7-8-16-14)17-11-5-6-13(9-11)18-4-2/h7-8,10-11,13H,3-6,9H2,1-2H3,(H2,15,16,17). The first-order valence-corrected chi connectivity index (χ1v) is 7.94. The van der Waals surface area contributed by atoms with Crippen molar-refractivity contribution in [3.8, 4) is 0 Å². The highest BCUT2D eigenvalue weighted by Gasteiger charge is 2.24. The van der Waals surface area contributed by atoms with E-state index in [9.17, 15) is 0 Å². The van der Waals surface area contributed by atoms with Crippen LogP contribution in [-0.2, 0) is 0 Å². The third kappa shape index (κ3) is 3.80. The molecule has 1 aromatic heterocycles. The Labute approximate surface area is 114 Å². The lowest BCUT2D eigenvalue weighted by Crippen LogP contribution is -2.16. The van der Waals surface area contributed by atoms with Crippen molar-refractivity contribution in [3.63, 3.8) is 0 Å². The van der Waals surface area contributed by atoms with Crippen molar-refractivity contribution in [2.24, 2.45) is 0 Å². The first-order valence-electron chi connectivity index (χ1n) is 6.89. The van der Waals surface area contributed by atoms with Gasteiger partial charge in [-0.15, -0.1) is 0 Å². The second-order valence-electron chi connectivity index (χ2n) is 4.69. The number of aromatic nitrogens is 1. The number of nitrogens with zero attached hydrogens (tertiary/aromatic N) is 1. The van der Waals surface area contributed by atoms with E-state index in [4.69, 9.17) is 0 Å². The maximum absolute atomic E-state index is 4.29. The molecule has 0 amide bonds. The second kappa shape index (κ2) is 6.88. The van der Waals surface area contributed by atoms with Crippen LogP contribution in [0.3, 0.4) is 0 Å². The lowest BCUT2D eigenvalue weighted by atomic mass is 10.2. The Morgan fingerprint density at radius 3 is 3.06 bits per heavy atom. The predicted molar refractivity (Wildman–Crippen MR) is 81.6 cm³/mol. The first-order chi connectivity index (χ1) is 8.81. The Kier molecular flexibility index (Phi) is 5.17. The largest absolute Gasteiger partial charge is 0.382 e. The van der Waals surface area contributed by atoms with E-state index in [-0.39, 0.29) is 0 Å². The molecule has 2 unspecified atom stereocenters. The highest BCUT2D eigenvalue weighted by Crippen LogP contribution is 2.31. The fourth-order valence-electron chi connectivity index (χ4n) is 2.49. The summed E-state index contributed by atoms with van der Waals surface area (Å²) in [5.41, 5.74) is 1.19. The maximum atomic E-state index is 4.29. The molecule has 0 aromatic carbocycles. The lowest BCUT2D eigenvalue weighted by Gasteiger charge is -2.15. The minimum atomic E-state index is 0.630. The molecule has 2 atom stereocenters. The molecule has 1 aliphatic rings. The molecule has 1 aliphatic carbocycles. The fourth-order valence-corrected chi connectivity index (χ4v) is 3.63. The fraction of sp³-hybridized carbons (Fsp3) is 0.643. The van der Waals surface area contributed by atoms with Gasteiger partial charge in [-0.3, -0.25) is 0 Å². The van der Waals surface area contributed by atoms with Gasteiger partial charge in [-0.1, -0.05) is 6.92 Å². The minimum absolute atomic E-state index is 0.630. The molecule has 0 saturated heterocycles. The zero-order valence-corrected chi connectivity index (χ0v) is 12.1. The van der Waals surface area contributed by atoms with Crippen LogP contribution < -0.4 is 10.6 Å². The number of hydrogen-bond donors (Lipinski definition) is 2. The Hall–Kier alpha value is -0.900. The summed E-state index contributed by atoms with van der Waals surface area (Å²) in [6.07, 6.45) is 5.79. The van der Waals surface area contributed by atoms with E-state index in [2.05, 4.69) is 53.4 Å². The third-order valence-corrected chi connectivity index (χ3v) is 4.51. The molecule has 2 rings (SSSR count). The van der Waals surface area contributed by atoms with E-state index in [0.29, 0.717) is 6.04 Å². The van der Waals surface area contributed by atoms with E-state index in [1.54, 1.807) is 0 Å². The van der Waals surface area contributed by atoms with Gasteiger partial charge < -0.3 is 10.6 Å². The number of pyridine rings is 1. The highest BCUT2D eigenvalue weighted by atomic mass is 32.2. The Balaban J connectivity index is 1.88. The lowest BCUT2D eigenvalue weighted by molar-refractivity contribution is 0.757. The second-order valence-corrected chi connectivity index (χ2v) is 6.27. The summed E-state index contributed by atoms with van der Waals surface area (Å²) in [7, 11) is 0. The predicted octanol–water partition coefficient (Wildman–Crippen LogP) is 3.60. The van der Waals surface area contributed by atoms with Crippen LogP contribution in [0.4, 0.5) is 11.5 Å². The van der Waals surface area contributed by atoms with Gasteiger partial charge in [0.1, 0.15) is 5.82 Å². The van der Waals surface area contributed by atoms with Crippen molar-refractivity contribution in [2.75, 3.05) is 22.9 Å². The Morgan fingerprint density at radius 2 is 2.28 bits per heavy atom. The van der Waals surface area contributed by atoms with Crippen molar-refractivity contribution in [1.82, 2.24) is 4.98 Å².